The SMILES string of the molecule is Cc1cc(F)ccc1C1(C(=O)O)CCCC1. The number of hydrogen-bond donors (Lipinski definition) is 1. The van der Waals surface area contributed by atoms with Crippen LogP contribution in [0.2, 0.25) is 0 Å². The van der Waals surface area contributed by atoms with Crippen molar-refractivity contribution >= 4 is 5.97 Å². The van der Waals surface area contributed by atoms with Crippen molar-refractivity contribution in [2.75, 3.05) is 0 Å². The number of hydrogen-bond acceptors (Lipinski definition) is 1. The zero-order valence-corrected chi connectivity index (χ0v) is 9.29. The zero-order valence-electron chi connectivity index (χ0n) is 9.29. The van der Waals surface area contributed by atoms with Crippen molar-refractivity contribution in [1.82, 2.24) is 0 Å². The molecule has 2 rings (SSSR count). The summed E-state index contributed by atoms with van der Waals surface area (Å²) in [6.45, 7) is 1.78. The molecule has 1 aliphatic carbocycles. The molecule has 0 atom stereocenters. The first-order valence-electron chi connectivity index (χ1n) is 5.56. The lowest BCUT2D eigenvalue weighted by Gasteiger charge is -2.26. The van der Waals surface area contributed by atoms with Gasteiger partial charge in [0.1, 0.15) is 5.82 Å². The van der Waals surface area contributed by atoms with Crippen LogP contribution in [0.25, 0.3) is 0 Å². The Balaban J connectivity index is 2.51. The van der Waals surface area contributed by atoms with Crippen molar-refractivity contribution in [3.05, 3.63) is 35.1 Å². The molecule has 1 aromatic rings. The smallest absolute Gasteiger partial charge is 0.314 e. The summed E-state index contributed by atoms with van der Waals surface area (Å²) in [6, 6.07) is 4.40. The maximum Gasteiger partial charge on any atom is 0.314 e. The van der Waals surface area contributed by atoms with Gasteiger partial charge in [-0.05, 0) is 43.0 Å². The number of aliphatic carboxylic acids is 1. The van der Waals surface area contributed by atoms with Gasteiger partial charge < -0.3 is 5.11 Å². The molecule has 0 spiro atoms. The van der Waals surface area contributed by atoms with Crippen LogP contribution >= 0.6 is 0 Å². The van der Waals surface area contributed by atoms with Gasteiger partial charge in [-0.3, -0.25) is 4.79 Å². The Labute approximate surface area is 94.1 Å². The molecule has 2 nitrogen and oxygen atoms in total. The van der Waals surface area contributed by atoms with Crippen LogP contribution in [0.15, 0.2) is 18.2 Å². The molecule has 3 heteroatoms. The molecular formula is C13H15FO2. The maximum absolute atomic E-state index is 13.0. The molecule has 0 amide bonds. The van der Waals surface area contributed by atoms with Gasteiger partial charge >= 0.3 is 5.97 Å². The molecule has 1 fully saturated rings. The van der Waals surface area contributed by atoms with E-state index in [4.69, 9.17) is 0 Å². The van der Waals surface area contributed by atoms with Crippen molar-refractivity contribution in [2.24, 2.45) is 0 Å². The van der Waals surface area contributed by atoms with Gasteiger partial charge in [0.15, 0.2) is 0 Å². The summed E-state index contributed by atoms with van der Waals surface area (Å²) in [5, 5.41) is 9.42. The quantitative estimate of drug-likeness (QED) is 0.835. The lowest BCUT2D eigenvalue weighted by Crippen LogP contribution is -2.33. The second-order valence-electron chi connectivity index (χ2n) is 4.55. The zero-order chi connectivity index (χ0) is 11.8. The van der Waals surface area contributed by atoms with Gasteiger partial charge in [0.25, 0.3) is 0 Å². The van der Waals surface area contributed by atoms with Crippen LogP contribution in [-0.4, -0.2) is 11.1 Å². The highest BCUT2D eigenvalue weighted by atomic mass is 19.1. The van der Waals surface area contributed by atoms with Gasteiger partial charge in [-0.1, -0.05) is 18.9 Å². The summed E-state index contributed by atoms with van der Waals surface area (Å²) >= 11 is 0. The summed E-state index contributed by atoms with van der Waals surface area (Å²) in [7, 11) is 0. The molecule has 0 unspecified atom stereocenters. The van der Waals surface area contributed by atoms with Gasteiger partial charge in [0.05, 0.1) is 5.41 Å². The van der Waals surface area contributed by atoms with E-state index in [0.29, 0.717) is 12.8 Å². The Kier molecular flexibility index (Phi) is 2.70. The fourth-order valence-corrected chi connectivity index (χ4v) is 2.74. The third kappa shape index (κ3) is 1.60. The minimum atomic E-state index is -0.780. The van der Waals surface area contributed by atoms with Crippen molar-refractivity contribution < 1.29 is 14.3 Å². The van der Waals surface area contributed by atoms with Gasteiger partial charge in [-0.25, -0.2) is 4.39 Å². The van der Waals surface area contributed by atoms with Crippen molar-refractivity contribution in [2.45, 2.75) is 38.0 Å². The van der Waals surface area contributed by atoms with Crippen molar-refractivity contribution in [3.8, 4) is 0 Å². The third-order valence-electron chi connectivity index (χ3n) is 3.57. The number of rotatable bonds is 2. The lowest BCUT2D eigenvalue weighted by molar-refractivity contribution is -0.143. The summed E-state index contributed by atoms with van der Waals surface area (Å²) in [6.07, 6.45) is 3.19. The Morgan fingerprint density at radius 3 is 2.50 bits per heavy atom. The number of aryl methyl sites for hydroxylation is 1. The van der Waals surface area contributed by atoms with E-state index >= 15 is 0 Å². The van der Waals surface area contributed by atoms with Crippen molar-refractivity contribution in [1.29, 1.82) is 0 Å². The second kappa shape index (κ2) is 3.89. The molecule has 0 radical (unpaired) electrons. The first kappa shape index (κ1) is 11.1. The Morgan fingerprint density at radius 2 is 2.00 bits per heavy atom. The number of carboxylic acid groups (broad SMARTS) is 1. The Morgan fingerprint density at radius 1 is 1.38 bits per heavy atom. The van der Waals surface area contributed by atoms with E-state index in [9.17, 15) is 14.3 Å². The highest BCUT2D eigenvalue weighted by molar-refractivity contribution is 5.82. The minimum absolute atomic E-state index is 0.306. The molecule has 1 aliphatic rings. The van der Waals surface area contributed by atoms with Gasteiger partial charge in [-0.2, -0.15) is 0 Å². The Hall–Kier alpha value is -1.38. The molecule has 1 saturated carbocycles. The van der Waals surface area contributed by atoms with Gasteiger partial charge in [0, 0.05) is 0 Å². The van der Waals surface area contributed by atoms with E-state index in [2.05, 4.69) is 0 Å². The average Bonchev–Trinajstić information content (AvgIpc) is 2.67. The third-order valence-corrected chi connectivity index (χ3v) is 3.57. The van der Waals surface area contributed by atoms with E-state index in [1.54, 1.807) is 13.0 Å². The molecular weight excluding hydrogens is 207 g/mol. The minimum Gasteiger partial charge on any atom is -0.481 e. The highest BCUT2D eigenvalue weighted by Crippen LogP contribution is 2.42. The predicted molar refractivity (Wildman–Crippen MR) is 58.9 cm³/mol. The maximum atomic E-state index is 13.0. The molecule has 0 heterocycles. The van der Waals surface area contributed by atoms with Gasteiger partial charge in [-0.15, -0.1) is 0 Å². The average molecular weight is 222 g/mol. The molecule has 0 aromatic heterocycles. The van der Waals surface area contributed by atoms with E-state index in [0.717, 1.165) is 24.0 Å². The number of carboxylic acids is 1. The molecule has 0 aliphatic heterocycles. The second-order valence-corrected chi connectivity index (χ2v) is 4.55. The van der Waals surface area contributed by atoms with Crippen LogP contribution in [0.5, 0.6) is 0 Å². The summed E-state index contributed by atoms with van der Waals surface area (Å²) in [5.41, 5.74) is 0.737. The normalized spacial score (nSPS) is 18.6. The van der Waals surface area contributed by atoms with Crippen LogP contribution in [0.4, 0.5) is 4.39 Å². The van der Waals surface area contributed by atoms with Crippen LogP contribution in [0, 0.1) is 12.7 Å². The van der Waals surface area contributed by atoms with Crippen LogP contribution in [-0.2, 0) is 10.2 Å². The number of benzene rings is 1. The fourth-order valence-electron chi connectivity index (χ4n) is 2.74. The fraction of sp³-hybridized carbons (Fsp3) is 0.462. The predicted octanol–water partition coefficient (Wildman–Crippen LogP) is 3.03. The van der Waals surface area contributed by atoms with Crippen molar-refractivity contribution in [3.63, 3.8) is 0 Å². The standard InChI is InChI=1S/C13H15FO2/c1-9-8-10(14)4-5-11(9)13(12(15)16)6-2-3-7-13/h4-5,8H,2-3,6-7H2,1H3,(H,15,16). The van der Waals surface area contributed by atoms with Crippen LogP contribution < -0.4 is 0 Å². The van der Waals surface area contributed by atoms with E-state index in [1.165, 1.54) is 12.1 Å². The lowest BCUT2D eigenvalue weighted by atomic mass is 9.77. The highest BCUT2D eigenvalue weighted by Gasteiger charge is 2.43. The monoisotopic (exact) mass is 222 g/mol. The van der Waals surface area contributed by atoms with Gasteiger partial charge in [0.2, 0.25) is 0 Å². The molecule has 1 aromatic carbocycles. The number of carbonyl (C=O) groups is 1. The topological polar surface area (TPSA) is 37.3 Å². The molecule has 86 valence electrons. The van der Waals surface area contributed by atoms with E-state index in [1.807, 2.05) is 0 Å². The molecule has 1 N–H and O–H groups in total. The Bertz CT molecular complexity index is 420. The van der Waals surface area contributed by atoms with Crippen LogP contribution in [0.3, 0.4) is 0 Å². The molecule has 0 saturated heterocycles. The summed E-state index contributed by atoms with van der Waals surface area (Å²) in [4.78, 5) is 11.5. The largest absolute Gasteiger partial charge is 0.481 e. The molecule has 16 heavy (non-hydrogen) atoms. The summed E-state index contributed by atoms with van der Waals surface area (Å²) in [5.74, 6) is -1.08. The van der Waals surface area contributed by atoms with Crippen LogP contribution in [0.1, 0.15) is 36.8 Å². The molecule has 0 bridgehead atoms. The number of halogens is 1. The summed E-state index contributed by atoms with van der Waals surface area (Å²) < 4.78 is 13.0. The first-order valence-corrected chi connectivity index (χ1v) is 5.56. The van der Waals surface area contributed by atoms with E-state index in [-0.39, 0.29) is 5.82 Å². The van der Waals surface area contributed by atoms with E-state index < -0.39 is 11.4 Å². The first-order chi connectivity index (χ1) is 7.56.